The van der Waals surface area contributed by atoms with Crippen molar-refractivity contribution >= 4 is 10.1 Å². The Bertz CT molecular complexity index is 469. The maximum atomic E-state index is 12.2. The molecule has 1 atom stereocenters. The molecule has 0 spiro atoms. The maximum absolute atomic E-state index is 12.2. The van der Waals surface area contributed by atoms with Crippen LogP contribution >= 0.6 is 0 Å². The van der Waals surface area contributed by atoms with Crippen LogP contribution in [0.4, 0.5) is 13.2 Å². The topological polar surface area (TPSA) is 55.8 Å². The van der Waals surface area contributed by atoms with E-state index >= 15 is 0 Å². The molecular weight excluding hydrogens is 299 g/mol. The molecule has 1 saturated heterocycles. The molecule has 0 aromatic rings. The van der Waals surface area contributed by atoms with Crippen LogP contribution in [0.1, 0.15) is 19.3 Å². The van der Waals surface area contributed by atoms with Crippen molar-refractivity contribution in [3.63, 3.8) is 0 Å². The Kier molecular flexibility index (Phi) is 4.60. The van der Waals surface area contributed by atoms with Gasteiger partial charge in [0.1, 0.15) is 5.76 Å². The molecule has 0 amide bonds. The van der Waals surface area contributed by atoms with E-state index in [0.717, 1.165) is 13.1 Å². The highest BCUT2D eigenvalue weighted by Gasteiger charge is 2.49. The summed E-state index contributed by atoms with van der Waals surface area (Å²) >= 11 is 0. The van der Waals surface area contributed by atoms with Gasteiger partial charge in [-0.15, -0.1) is 0 Å². The number of alkyl halides is 3. The molecule has 0 aromatic heterocycles. The second-order valence-corrected chi connectivity index (χ2v) is 6.27. The average molecular weight is 315 g/mol. The molecule has 0 aromatic carbocycles. The van der Waals surface area contributed by atoms with E-state index < -0.39 is 15.6 Å². The molecule has 1 aliphatic heterocycles. The van der Waals surface area contributed by atoms with E-state index in [1.807, 2.05) is 0 Å². The molecule has 1 aliphatic carbocycles. The number of morpholine rings is 1. The van der Waals surface area contributed by atoms with Crippen molar-refractivity contribution in [1.29, 1.82) is 0 Å². The monoisotopic (exact) mass is 315 g/mol. The Morgan fingerprint density at radius 1 is 1.30 bits per heavy atom. The Morgan fingerprint density at radius 3 is 2.45 bits per heavy atom. The second-order valence-electron chi connectivity index (χ2n) is 4.73. The lowest BCUT2D eigenvalue weighted by atomic mass is 9.99. The zero-order valence-electron chi connectivity index (χ0n) is 10.7. The summed E-state index contributed by atoms with van der Waals surface area (Å²) in [7, 11) is -5.54. The molecule has 20 heavy (non-hydrogen) atoms. The third-order valence-corrected chi connectivity index (χ3v) is 4.40. The van der Waals surface area contributed by atoms with Crippen molar-refractivity contribution < 1.29 is 30.5 Å². The number of hydrogen-bond donors (Lipinski definition) is 0. The van der Waals surface area contributed by atoms with E-state index in [2.05, 4.69) is 9.08 Å². The fourth-order valence-corrected chi connectivity index (χ4v) is 2.86. The highest BCUT2D eigenvalue weighted by molar-refractivity contribution is 7.87. The summed E-state index contributed by atoms with van der Waals surface area (Å²) in [5, 5.41) is 0. The minimum absolute atomic E-state index is 0.119. The van der Waals surface area contributed by atoms with E-state index in [0.29, 0.717) is 26.1 Å². The highest BCUT2D eigenvalue weighted by Crippen LogP contribution is 2.30. The van der Waals surface area contributed by atoms with Gasteiger partial charge in [0.2, 0.25) is 0 Å². The van der Waals surface area contributed by atoms with Crippen molar-refractivity contribution in [2.45, 2.75) is 30.8 Å². The third-order valence-electron chi connectivity index (χ3n) is 3.40. The zero-order chi connectivity index (χ0) is 14.8. The largest absolute Gasteiger partial charge is 0.534 e. The number of rotatable bonds is 3. The molecule has 0 saturated carbocycles. The first-order valence-corrected chi connectivity index (χ1v) is 7.72. The Morgan fingerprint density at radius 2 is 1.95 bits per heavy atom. The van der Waals surface area contributed by atoms with Gasteiger partial charge in [-0.2, -0.15) is 21.6 Å². The standard InChI is InChI=1S/C11H16F3NO4S/c12-11(13,14)20(16,17)19-10-3-1-9(2-4-10)15-5-7-18-8-6-15/h3,9H,1-2,4-8H2. The first-order chi connectivity index (χ1) is 9.29. The first-order valence-electron chi connectivity index (χ1n) is 6.31. The summed E-state index contributed by atoms with van der Waals surface area (Å²) in [6.45, 7) is 2.86. The highest BCUT2D eigenvalue weighted by atomic mass is 32.2. The summed E-state index contributed by atoms with van der Waals surface area (Å²) in [6.07, 6.45) is 2.70. The predicted octanol–water partition coefficient (Wildman–Crippen LogP) is 1.62. The van der Waals surface area contributed by atoms with Crippen LogP contribution in [0, 0.1) is 0 Å². The van der Waals surface area contributed by atoms with Gasteiger partial charge in [0, 0.05) is 25.6 Å². The van der Waals surface area contributed by atoms with E-state index in [-0.39, 0.29) is 18.2 Å². The predicted molar refractivity (Wildman–Crippen MR) is 64.2 cm³/mol. The number of nitrogens with zero attached hydrogens (tertiary/aromatic N) is 1. The van der Waals surface area contributed by atoms with Crippen LogP contribution in [-0.4, -0.2) is 51.2 Å². The van der Waals surface area contributed by atoms with Gasteiger partial charge in [-0.3, -0.25) is 4.90 Å². The van der Waals surface area contributed by atoms with Crippen molar-refractivity contribution in [2.24, 2.45) is 0 Å². The smallest absolute Gasteiger partial charge is 0.381 e. The van der Waals surface area contributed by atoms with Gasteiger partial charge in [-0.1, -0.05) is 0 Å². The van der Waals surface area contributed by atoms with Crippen molar-refractivity contribution in [3.05, 3.63) is 11.8 Å². The van der Waals surface area contributed by atoms with Gasteiger partial charge in [0.15, 0.2) is 0 Å². The number of ether oxygens (including phenoxy) is 1. The van der Waals surface area contributed by atoms with Gasteiger partial charge in [-0.25, -0.2) is 0 Å². The van der Waals surface area contributed by atoms with Crippen LogP contribution < -0.4 is 0 Å². The average Bonchev–Trinajstić information content (AvgIpc) is 2.39. The van der Waals surface area contributed by atoms with Gasteiger partial charge >= 0.3 is 15.6 Å². The maximum Gasteiger partial charge on any atom is 0.534 e. The van der Waals surface area contributed by atoms with Crippen molar-refractivity contribution in [1.82, 2.24) is 4.90 Å². The third kappa shape index (κ3) is 3.64. The number of halogens is 3. The van der Waals surface area contributed by atoms with Crippen LogP contribution in [0.5, 0.6) is 0 Å². The normalized spacial score (nSPS) is 26.1. The molecule has 9 heteroatoms. The van der Waals surface area contributed by atoms with E-state index in [1.165, 1.54) is 6.08 Å². The van der Waals surface area contributed by atoms with E-state index in [4.69, 9.17) is 4.74 Å². The Hall–Kier alpha value is -0.800. The lowest BCUT2D eigenvalue weighted by Gasteiger charge is -2.35. The number of hydrogen-bond acceptors (Lipinski definition) is 5. The quantitative estimate of drug-likeness (QED) is 0.585. The van der Waals surface area contributed by atoms with Crippen molar-refractivity contribution in [3.8, 4) is 0 Å². The molecule has 1 unspecified atom stereocenters. The molecule has 0 bridgehead atoms. The van der Waals surface area contributed by atoms with Crippen LogP contribution in [0.15, 0.2) is 11.8 Å². The first kappa shape index (κ1) is 15.6. The molecule has 116 valence electrons. The summed E-state index contributed by atoms with van der Waals surface area (Å²) < 4.78 is 67.7. The van der Waals surface area contributed by atoms with Crippen LogP contribution in [0.3, 0.4) is 0 Å². The second kappa shape index (κ2) is 5.90. The van der Waals surface area contributed by atoms with E-state index in [1.54, 1.807) is 0 Å². The lowest BCUT2D eigenvalue weighted by Crippen LogP contribution is -2.44. The van der Waals surface area contributed by atoms with Gasteiger partial charge in [0.25, 0.3) is 0 Å². The molecule has 2 rings (SSSR count). The fourth-order valence-electron chi connectivity index (χ4n) is 2.33. The minimum atomic E-state index is -5.54. The SMILES string of the molecule is O=S(=O)(OC1=CCC(N2CCOCC2)CC1)C(F)(F)F. The molecular formula is C11H16F3NO4S. The summed E-state index contributed by atoms with van der Waals surface area (Å²) in [5.74, 6) is -0.119. The van der Waals surface area contributed by atoms with E-state index in [9.17, 15) is 21.6 Å². The Balaban J connectivity index is 1.92. The van der Waals surface area contributed by atoms with Crippen molar-refractivity contribution in [2.75, 3.05) is 26.3 Å². The van der Waals surface area contributed by atoms with Crippen LogP contribution in [0.25, 0.3) is 0 Å². The van der Waals surface area contributed by atoms with Gasteiger partial charge in [0.05, 0.1) is 13.2 Å². The molecule has 2 aliphatic rings. The summed E-state index contributed by atoms with van der Waals surface area (Å²) in [5.41, 5.74) is -5.38. The minimum Gasteiger partial charge on any atom is -0.381 e. The summed E-state index contributed by atoms with van der Waals surface area (Å²) in [6, 6.07) is 0.208. The van der Waals surface area contributed by atoms with Crippen LogP contribution in [-0.2, 0) is 19.0 Å². The van der Waals surface area contributed by atoms with Crippen LogP contribution in [0.2, 0.25) is 0 Å². The Labute approximate surface area is 115 Å². The molecule has 0 radical (unpaired) electrons. The zero-order valence-corrected chi connectivity index (χ0v) is 11.5. The molecule has 5 nitrogen and oxygen atoms in total. The molecule has 0 N–H and O–H groups in total. The van der Waals surface area contributed by atoms with Gasteiger partial charge in [-0.05, 0) is 18.9 Å². The lowest BCUT2D eigenvalue weighted by molar-refractivity contribution is -0.0525. The molecule has 1 fully saturated rings. The van der Waals surface area contributed by atoms with Gasteiger partial charge < -0.3 is 8.92 Å². The fraction of sp³-hybridized carbons (Fsp3) is 0.818. The summed E-state index contributed by atoms with van der Waals surface area (Å²) in [4.78, 5) is 2.20. The molecule has 1 heterocycles. The number of allylic oxidation sites excluding steroid dienone is 1.